The lowest BCUT2D eigenvalue weighted by atomic mass is 9.83. The molecule has 0 spiro atoms. The Hall–Kier alpha value is -2.33. The van der Waals surface area contributed by atoms with Crippen molar-refractivity contribution in [3.8, 4) is 16.9 Å². The number of aromatic amines is 1. The van der Waals surface area contributed by atoms with Crippen LogP contribution in [-0.2, 0) is 5.41 Å². The van der Waals surface area contributed by atoms with Gasteiger partial charge in [0, 0.05) is 16.7 Å². The van der Waals surface area contributed by atoms with Crippen molar-refractivity contribution < 1.29 is 5.11 Å². The highest BCUT2D eigenvalue weighted by atomic mass is 35.5. The van der Waals surface area contributed by atoms with E-state index in [1.165, 1.54) is 0 Å². The van der Waals surface area contributed by atoms with E-state index in [4.69, 9.17) is 11.6 Å². The Bertz CT molecular complexity index is 907. The molecule has 0 aliphatic rings. The third-order valence-corrected chi connectivity index (χ3v) is 4.21. The number of phenolic OH excluding ortho intramolecular Hbond substituents is 1. The maximum atomic E-state index is 10.9. The van der Waals surface area contributed by atoms with Gasteiger partial charge in [0.2, 0.25) is 0 Å². The van der Waals surface area contributed by atoms with Crippen molar-refractivity contribution in [2.75, 3.05) is 0 Å². The number of fused-ring (bicyclic) bond motifs is 1. The summed E-state index contributed by atoms with van der Waals surface area (Å²) in [5.74, 6) is 0.209. The first-order valence-corrected chi connectivity index (χ1v) is 7.70. The predicted octanol–water partition coefficient (Wildman–Crippen LogP) is 4.92. The number of nitrogens with one attached hydrogen (secondary N) is 1. The summed E-state index contributed by atoms with van der Waals surface area (Å²) in [6.45, 7) is 10.0. The van der Waals surface area contributed by atoms with Crippen molar-refractivity contribution in [2.45, 2.75) is 26.2 Å². The molecule has 0 aliphatic carbocycles. The highest BCUT2D eigenvalue weighted by Gasteiger charge is 2.24. The summed E-state index contributed by atoms with van der Waals surface area (Å²) in [7, 11) is 0. The molecule has 118 valence electrons. The first-order chi connectivity index (χ1) is 10.8. The van der Waals surface area contributed by atoms with Crippen molar-refractivity contribution in [2.24, 2.45) is 0 Å². The largest absolute Gasteiger partial charge is 0.507 e. The van der Waals surface area contributed by atoms with Gasteiger partial charge in [-0.1, -0.05) is 50.2 Å². The summed E-state index contributed by atoms with van der Waals surface area (Å²) in [6, 6.07) is 7.41. The highest BCUT2D eigenvalue weighted by molar-refractivity contribution is 6.35. The first kappa shape index (κ1) is 15.6. The normalized spacial score (nSPS) is 11.8. The minimum atomic E-state index is -0.220. The van der Waals surface area contributed by atoms with Gasteiger partial charge < -0.3 is 5.11 Å². The molecule has 0 saturated heterocycles. The quantitative estimate of drug-likeness (QED) is 0.702. The van der Waals surface area contributed by atoms with Crippen LogP contribution in [0.2, 0.25) is 5.02 Å². The smallest absolute Gasteiger partial charge is 0.127 e. The van der Waals surface area contributed by atoms with Crippen LogP contribution in [0.4, 0.5) is 0 Å². The van der Waals surface area contributed by atoms with Gasteiger partial charge in [0.1, 0.15) is 11.3 Å². The zero-order valence-electron chi connectivity index (χ0n) is 13.3. The second-order valence-electron chi connectivity index (χ2n) is 6.55. The summed E-state index contributed by atoms with van der Waals surface area (Å²) < 4.78 is 0. The molecule has 0 fully saturated rings. The van der Waals surface area contributed by atoms with Crippen LogP contribution in [0.25, 0.3) is 28.2 Å². The van der Waals surface area contributed by atoms with Crippen LogP contribution in [0, 0.1) is 0 Å². The number of hydrogen-bond donors (Lipinski definition) is 2. The molecular formula is C18H18ClN3O. The minimum absolute atomic E-state index is 0.209. The number of rotatable bonds is 2. The van der Waals surface area contributed by atoms with Gasteiger partial charge in [-0.05, 0) is 35.2 Å². The number of benzene rings is 2. The lowest BCUT2D eigenvalue weighted by Crippen LogP contribution is -2.12. The third kappa shape index (κ3) is 2.59. The molecule has 3 aromatic rings. The summed E-state index contributed by atoms with van der Waals surface area (Å²) >= 11 is 6.41. The number of H-pyrrole nitrogens is 1. The molecule has 0 unspecified atom stereocenters. The van der Waals surface area contributed by atoms with Gasteiger partial charge >= 0.3 is 0 Å². The number of phenols is 1. The molecule has 2 N–H and O–H groups in total. The van der Waals surface area contributed by atoms with Gasteiger partial charge in [0.25, 0.3) is 0 Å². The van der Waals surface area contributed by atoms with E-state index in [1.54, 1.807) is 12.1 Å². The second-order valence-corrected chi connectivity index (χ2v) is 6.96. The number of nitrogens with zero attached hydrogens (tertiary/aromatic N) is 2. The summed E-state index contributed by atoms with van der Waals surface area (Å²) in [5.41, 5.74) is 4.24. The fourth-order valence-corrected chi connectivity index (χ4v) is 2.94. The molecule has 3 rings (SSSR count). The predicted molar refractivity (Wildman–Crippen MR) is 94.8 cm³/mol. The molecule has 1 heterocycles. The Morgan fingerprint density at radius 1 is 1.26 bits per heavy atom. The van der Waals surface area contributed by atoms with Crippen molar-refractivity contribution in [1.82, 2.24) is 15.4 Å². The van der Waals surface area contributed by atoms with Gasteiger partial charge in [0.05, 0.1) is 10.5 Å². The molecule has 0 amide bonds. The monoisotopic (exact) mass is 327 g/mol. The van der Waals surface area contributed by atoms with Gasteiger partial charge in [0.15, 0.2) is 0 Å². The standard InChI is InChI=1S/C18H18ClN3O/c1-5-10-8-11(17(23)12(9-10)18(2,3)4)15-13(19)6-7-14-16(15)21-22-20-14/h5-9,23H,1H2,2-4H3,(H,20,21,22). The van der Waals surface area contributed by atoms with E-state index in [0.29, 0.717) is 21.7 Å². The number of aromatic nitrogens is 3. The van der Waals surface area contributed by atoms with Crippen molar-refractivity contribution in [3.05, 3.63) is 47.0 Å². The van der Waals surface area contributed by atoms with Crippen molar-refractivity contribution in [3.63, 3.8) is 0 Å². The van der Waals surface area contributed by atoms with Crippen LogP contribution in [0.3, 0.4) is 0 Å². The maximum Gasteiger partial charge on any atom is 0.127 e. The molecule has 2 aromatic carbocycles. The SMILES string of the molecule is C=Cc1cc(-c2c(Cl)ccc3[nH]nnc23)c(O)c(C(C)(C)C)c1. The lowest BCUT2D eigenvalue weighted by molar-refractivity contribution is 0.448. The molecule has 0 aliphatic heterocycles. The number of aromatic hydroxyl groups is 1. The molecule has 0 atom stereocenters. The van der Waals surface area contributed by atoms with Crippen LogP contribution in [0.15, 0.2) is 30.8 Å². The van der Waals surface area contributed by atoms with E-state index in [1.807, 2.05) is 18.2 Å². The number of hydrogen-bond acceptors (Lipinski definition) is 3. The topological polar surface area (TPSA) is 61.8 Å². The fraction of sp³-hybridized carbons (Fsp3) is 0.222. The van der Waals surface area contributed by atoms with Crippen LogP contribution < -0.4 is 0 Å². The van der Waals surface area contributed by atoms with E-state index >= 15 is 0 Å². The van der Waals surface area contributed by atoms with E-state index in [2.05, 4.69) is 42.8 Å². The van der Waals surface area contributed by atoms with Gasteiger partial charge in [-0.2, -0.15) is 0 Å². The lowest BCUT2D eigenvalue weighted by Gasteiger charge is -2.23. The van der Waals surface area contributed by atoms with Crippen LogP contribution >= 0.6 is 11.6 Å². The Kier molecular flexibility index (Phi) is 3.65. The highest BCUT2D eigenvalue weighted by Crippen LogP contribution is 2.43. The third-order valence-electron chi connectivity index (χ3n) is 3.89. The van der Waals surface area contributed by atoms with Crippen LogP contribution in [0.1, 0.15) is 31.9 Å². The fourth-order valence-electron chi connectivity index (χ4n) is 2.68. The summed E-state index contributed by atoms with van der Waals surface area (Å²) in [5, 5.41) is 22.2. The zero-order chi connectivity index (χ0) is 16.8. The Labute approximate surface area is 139 Å². The second kappa shape index (κ2) is 5.39. The van der Waals surface area contributed by atoms with Gasteiger partial charge in [-0.25, -0.2) is 0 Å². The molecular weight excluding hydrogens is 310 g/mol. The average Bonchev–Trinajstić information content (AvgIpc) is 2.95. The Morgan fingerprint density at radius 2 is 2.00 bits per heavy atom. The molecule has 0 saturated carbocycles. The molecule has 1 aromatic heterocycles. The zero-order valence-corrected chi connectivity index (χ0v) is 14.1. The molecule has 23 heavy (non-hydrogen) atoms. The van der Waals surface area contributed by atoms with Gasteiger partial charge in [-0.3, -0.25) is 5.10 Å². The first-order valence-electron chi connectivity index (χ1n) is 7.32. The molecule has 5 heteroatoms. The Morgan fingerprint density at radius 3 is 2.65 bits per heavy atom. The Balaban J connectivity index is 2.41. The molecule has 0 bridgehead atoms. The van der Waals surface area contributed by atoms with Gasteiger partial charge in [-0.15, -0.1) is 5.10 Å². The maximum absolute atomic E-state index is 10.9. The van der Waals surface area contributed by atoms with E-state index in [-0.39, 0.29) is 11.2 Å². The van der Waals surface area contributed by atoms with Crippen molar-refractivity contribution >= 4 is 28.7 Å². The molecule has 4 nitrogen and oxygen atoms in total. The number of halogens is 1. The van der Waals surface area contributed by atoms with E-state index in [9.17, 15) is 5.11 Å². The van der Waals surface area contributed by atoms with E-state index < -0.39 is 0 Å². The average molecular weight is 328 g/mol. The van der Waals surface area contributed by atoms with E-state index in [0.717, 1.165) is 16.6 Å². The molecule has 0 radical (unpaired) electrons. The van der Waals surface area contributed by atoms with Crippen LogP contribution in [0.5, 0.6) is 5.75 Å². The summed E-state index contributed by atoms with van der Waals surface area (Å²) in [4.78, 5) is 0. The van der Waals surface area contributed by atoms with Crippen LogP contribution in [-0.4, -0.2) is 20.5 Å². The summed E-state index contributed by atoms with van der Waals surface area (Å²) in [6.07, 6.45) is 1.76. The minimum Gasteiger partial charge on any atom is -0.507 e. The van der Waals surface area contributed by atoms with Crippen molar-refractivity contribution in [1.29, 1.82) is 0 Å².